The minimum Gasteiger partial charge on any atom is -0.467 e. The molecule has 1 aromatic rings. The van der Waals surface area contributed by atoms with Crippen LogP contribution in [0.15, 0.2) is 18.2 Å². The van der Waals surface area contributed by atoms with Crippen molar-refractivity contribution in [2.24, 2.45) is 0 Å². The van der Waals surface area contributed by atoms with Crippen LogP contribution in [0, 0.1) is 21.4 Å². The molecule has 0 aliphatic heterocycles. The van der Waals surface area contributed by atoms with E-state index < -0.39 is 28.6 Å². The standard InChI is InChI=1S/C16H19N3O6/c1-16(2,3)25-15(21)18-12(14(20)24-4)8-11-6-5-10(9-17)7-13(11)19(22)23/h5-7,12H,8H2,1-4H3,(H,18,21)/t12-/m0/s1. The Morgan fingerprint density at radius 3 is 2.52 bits per heavy atom. The molecular weight excluding hydrogens is 330 g/mol. The Bertz CT molecular complexity index is 718. The second-order valence-corrected chi connectivity index (χ2v) is 6.14. The number of nitro benzene ring substituents is 1. The number of hydrogen-bond acceptors (Lipinski definition) is 7. The number of rotatable bonds is 5. The Hall–Kier alpha value is -3.15. The van der Waals surface area contributed by atoms with Gasteiger partial charge in [-0.05, 0) is 26.8 Å². The molecule has 1 N–H and O–H groups in total. The van der Waals surface area contributed by atoms with Gasteiger partial charge in [0.25, 0.3) is 5.69 Å². The molecule has 0 spiro atoms. The summed E-state index contributed by atoms with van der Waals surface area (Å²) < 4.78 is 9.71. The highest BCUT2D eigenvalue weighted by Gasteiger charge is 2.28. The summed E-state index contributed by atoms with van der Waals surface area (Å²) in [5.41, 5.74) is -0.801. The molecular formula is C16H19N3O6. The van der Waals surface area contributed by atoms with E-state index in [4.69, 9.17) is 10.00 Å². The number of carbonyl (C=O) groups is 2. The van der Waals surface area contributed by atoms with Crippen LogP contribution in [-0.2, 0) is 20.7 Å². The first kappa shape index (κ1) is 19.9. The number of amides is 1. The number of hydrogen-bond donors (Lipinski definition) is 1. The van der Waals surface area contributed by atoms with Gasteiger partial charge >= 0.3 is 12.1 Å². The minimum absolute atomic E-state index is 0.116. The van der Waals surface area contributed by atoms with E-state index in [9.17, 15) is 19.7 Å². The number of ether oxygens (including phenoxy) is 2. The van der Waals surface area contributed by atoms with E-state index in [2.05, 4.69) is 10.1 Å². The van der Waals surface area contributed by atoms with Gasteiger partial charge in [-0.2, -0.15) is 5.26 Å². The number of nitrogens with one attached hydrogen (secondary N) is 1. The highest BCUT2D eigenvalue weighted by molar-refractivity contribution is 5.82. The highest BCUT2D eigenvalue weighted by Crippen LogP contribution is 2.22. The van der Waals surface area contributed by atoms with Crippen LogP contribution in [0.1, 0.15) is 31.9 Å². The fourth-order valence-corrected chi connectivity index (χ4v) is 1.98. The van der Waals surface area contributed by atoms with Crippen LogP contribution >= 0.6 is 0 Å². The van der Waals surface area contributed by atoms with E-state index in [1.54, 1.807) is 20.8 Å². The normalized spacial score (nSPS) is 11.8. The maximum absolute atomic E-state index is 11.9. The van der Waals surface area contributed by atoms with Crippen LogP contribution in [0.3, 0.4) is 0 Å². The van der Waals surface area contributed by atoms with Crippen LogP contribution in [0.2, 0.25) is 0 Å². The van der Waals surface area contributed by atoms with Crippen molar-refractivity contribution >= 4 is 17.7 Å². The van der Waals surface area contributed by atoms with Crippen molar-refractivity contribution in [2.45, 2.75) is 38.8 Å². The van der Waals surface area contributed by atoms with Crippen molar-refractivity contribution in [1.82, 2.24) is 5.32 Å². The maximum atomic E-state index is 11.9. The third-order valence-electron chi connectivity index (χ3n) is 3.01. The molecule has 0 unspecified atom stereocenters. The summed E-state index contributed by atoms with van der Waals surface area (Å²) in [6, 6.07) is 4.50. The van der Waals surface area contributed by atoms with Crippen molar-refractivity contribution in [1.29, 1.82) is 5.26 Å². The topological polar surface area (TPSA) is 132 Å². The van der Waals surface area contributed by atoms with Gasteiger partial charge in [0.15, 0.2) is 0 Å². The average molecular weight is 349 g/mol. The molecule has 0 radical (unpaired) electrons. The first-order valence-corrected chi connectivity index (χ1v) is 7.32. The van der Waals surface area contributed by atoms with Crippen LogP contribution in [-0.4, -0.2) is 35.7 Å². The molecule has 9 nitrogen and oxygen atoms in total. The molecule has 0 aliphatic carbocycles. The monoisotopic (exact) mass is 349 g/mol. The molecule has 0 fully saturated rings. The molecule has 1 rings (SSSR count). The molecule has 0 saturated carbocycles. The van der Waals surface area contributed by atoms with E-state index >= 15 is 0 Å². The van der Waals surface area contributed by atoms with Gasteiger partial charge in [-0.1, -0.05) is 6.07 Å². The van der Waals surface area contributed by atoms with E-state index in [0.29, 0.717) is 0 Å². The van der Waals surface area contributed by atoms with E-state index in [0.717, 1.165) is 13.2 Å². The second kappa shape index (κ2) is 8.10. The Balaban J connectivity index is 3.07. The Labute approximate surface area is 144 Å². The average Bonchev–Trinajstić information content (AvgIpc) is 2.51. The number of nitro groups is 1. The van der Waals surface area contributed by atoms with Gasteiger partial charge in [0.2, 0.25) is 0 Å². The lowest BCUT2D eigenvalue weighted by Gasteiger charge is -2.22. The van der Waals surface area contributed by atoms with E-state index in [-0.39, 0.29) is 23.2 Å². The van der Waals surface area contributed by atoms with Crippen LogP contribution in [0.4, 0.5) is 10.5 Å². The number of alkyl carbamates (subject to hydrolysis) is 1. The number of nitriles is 1. The molecule has 1 atom stereocenters. The molecule has 1 amide bonds. The highest BCUT2D eigenvalue weighted by atomic mass is 16.6. The van der Waals surface area contributed by atoms with Crippen LogP contribution in [0.5, 0.6) is 0 Å². The zero-order valence-electron chi connectivity index (χ0n) is 14.4. The van der Waals surface area contributed by atoms with Crippen molar-refractivity contribution in [3.8, 4) is 6.07 Å². The Morgan fingerprint density at radius 1 is 1.40 bits per heavy atom. The van der Waals surface area contributed by atoms with Crippen molar-refractivity contribution in [3.05, 3.63) is 39.4 Å². The molecule has 9 heteroatoms. The quantitative estimate of drug-likeness (QED) is 0.489. The summed E-state index contributed by atoms with van der Waals surface area (Å²) in [4.78, 5) is 34.3. The number of esters is 1. The SMILES string of the molecule is COC(=O)[C@H](Cc1ccc(C#N)cc1[N+](=O)[O-])NC(=O)OC(C)(C)C. The Kier molecular flexibility index (Phi) is 6.45. The van der Waals surface area contributed by atoms with Gasteiger partial charge < -0.3 is 14.8 Å². The summed E-state index contributed by atoms with van der Waals surface area (Å²) in [7, 11) is 1.14. The summed E-state index contributed by atoms with van der Waals surface area (Å²) in [6.45, 7) is 4.97. The fourth-order valence-electron chi connectivity index (χ4n) is 1.98. The number of methoxy groups -OCH3 is 1. The zero-order chi connectivity index (χ0) is 19.2. The second-order valence-electron chi connectivity index (χ2n) is 6.14. The number of nitrogens with zero attached hydrogens (tertiary/aromatic N) is 2. The first-order chi connectivity index (χ1) is 11.6. The lowest BCUT2D eigenvalue weighted by Crippen LogP contribution is -2.45. The molecule has 0 saturated heterocycles. The van der Waals surface area contributed by atoms with Crippen molar-refractivity contribution < 1.29 is 24.0 Å². The predicted molar refractivity (Wildman–Crippen MR) is 86.7 cm³/mol. The third-order valence-corrected chi connectivity index (χ3v) is 3.01. The fraction of sp³-hybridized carbons (Fsp3) is 0.438. The van der Waals surface area contributed by atoms with E-state index in [1.807, 2.05) is 6.07 Å². The lowest BCUT2D eigenvalue weighted by atomic mass is 10.0. The molecule has 1 aromatic carbocycles. The van der Waals surface area contributed by atoms with Gasteiger partial charge in [-0.15, -0.1) is 0 Å². The van der Waals surface area contributed by atoms with Gasteiger partial charge in [-0.25, -0.2) is 9.59 Å². The number of carbonyl (C=O) groups excluding carboxylic acids is 2. The van der Waals surface area contributed by atoms with Gasteiger partial charge in [0.1, 0.15) is 11.6 Å². The largest absolute Gasteiger partial charge is 0.467 e. The molecule has 134 valence electrons. The van der Waals surface area contributed by atoms with Crippen molar-refractivity contribution in [2.75, 3.05) is 7.11 Å². The van der Waals surface area contributed by atoms with Crippen molar-refractivity contribution in [3.63, 3.8) is 0 Å². The lowest BCUT2D eigenvalue weighted by molar-refractivity contribution is -0.385. The molecule has 0 aliphatic rings. The molecule has 0 aromatic heterocycles. The summed E-state index contributed by atoms with van der Waals surface area (Å²) in [6.07, 6.45) is -1.03. The van der Waals surface area contributed by atoms with Gasteiger partial charge in [-0.3, -0.25) is 10.1 Å². The van der Waals surface area contributed by atoms with Gasteiger partial charge in [0, 0.05) is 18.1 Å². The van der Waals surface area contributed by atoms with Crippen LogP contribution in [0.25, 0.3) is 0 Å². The predicted octanol–water partition coefficient (Wildman–Crippen LogP) is 2.08. The minimum atomic E-state index is -1.17. The summed E-state index contributed by atoms with van der Waals surface area (Å²) in [5.74, 6) is -0.774. The molecule has 0 bridgehead atoms. The Morgan fingerprint density at radius 2 is 2.04 bits per heavy atom. The number of benzene rings is 1. The van der Waals surface area contributed by atoms with E-state index in [1.165, 1.54) is 12.1 Å². The summed E-state index contributed by atoms with van der Waals surface area (Å²) in [5, 5.41) is 22.4. The maximum Gasteiger partial charge on any atom is 0.408 e. The molecule has 25 heavy (non-hydrogen) atoms. The van der Waals surface area contributed by atoms with Crippen LogP contribution < -0.4 is 5.32 Å². The van der Waals surface area contributed by atoms with Gasteiger partial charge in [0.05, 0.1) is 23.7 Å². The molecule has 0 heterocycles. The smallest absolute Gasteiger partial charge is 0.408 e. The first-order valence-electron chi connectivity index (χ1n) is 7.32. The zero-order valence-corrected chi connectivity index (χ0v) is 14.4. The summed E-state index contributed by atoms with van der Waals surface area (Å²) >= 11 is 0. The third kappa shape index (κ3) is 6.10.